The van der Waals surface area contributed by atoms with E-state index in [-0.39, 0.29) is 25.2 Å². The normalized spacial score (nSPS) is 20.8. The van der Waals surface area contributed by atoms with E-state index in [1.807, 2.05) is 0 Å². The summed E-state index contributed by atoms with van der Waals surface area (Å²) in [7, 11) is 1.52. The highest BCUT2D eigenvalue weighted by molar-refractivity contribution is 6.09. The second-order valence-corrected chi connectivity index (χ2v) is 6.06. The zero-order valence-corrected chi connectivity index (χ0v) is 14.7. The van der Waals surface area contributed by atoms with Crippen molar-refractivity contribution in [1.29, 1.82) is 0 Å². The van der Waals surface area contributed by atoms with Gasteiger partial charge in [-0.1, -0.05) is 19.1 Å². The van der Waals surface area contributed by atoms with E-state index in [4.69, 9.17) is 19.9 Å². The topological polar surface area (TPSA) is 105 Å². The molecule has 1 fully saturated rings. The molecule has 1 aliphatic carbocycles. The van der Waals surface area contributed by atoms with Crippen LogP contribution in [0, 0.1) is 5.41 Å². The highest BCUT2D eigenvalue weighted by atomic mass is 16.5. The average Bonchev–Trinajstić information content (AvgIpc) is 2.66. The lowest BCUT2D eigenvalue weighted by molar-refractivity contribution is -0.168. The molecular formula is C19H23NO6. The first-order valence-corrected chi connectivity index (χ1v) is 8.38. The van der Waals surface area contributed by atoms with Crippen LogP contribution in [0.25, 0.3) is 0 Å². The SMILES string of the molecule is C=CCOC(=O)C1(C(N)C(=O)Oc2ccc(OC)cc2)CCCCC1=O. The van der Waals surface area contributed by atoms with Gasteiger partial charge in [0.2, 0.25) is 0 Å². The number of ether oxygens (including phenoxy) is 3. The Morgan fingerprint density at radius 1 is 1.27 bits per heavy atom. The fourth-order valence-corrected chi connectivity index (χ4v) is 3.01. The molecule has 1 saturated carbocycles. The third-order valence-electron chi connectivity index (χ3n) is 4.48. The van der Waals surface area contributed by atoms with Gasteiger partial charge in [0.15, 0.2) is 11.2 Å². The van der Waals surface area contributed by atoms with Crippen LogP contribution in [0.1, 0.15) is 25.7 Å². The molecule has 1 aromatic rings. The third kappa shape index (κ3) is 3.94. The summed E-state index contributed by atoms with van der Waals surface area (Å²) in [5.74, 6) is -1.22. The van der Waals surface area contributed by atoms with Crippen LogP contribution in [0.2, 0.25) is 0 Å². The molecule has 1 aliphatic rings. The zero-order chi connectivity index (χ0) is 19.2. The Morgan fingerprint density at radius 3 is 2.50 bits per heavy atom. The lowest BCUT2D eigenvalue weighted by atomic mass is 9.68. The van der Waals surface area contributed by atoms with Crippen molar-refractivity contribution in [1.82, 2.24) is 0 Å². The first-order valence-electron chi connectivity index (χ1n) is 8.38. The molecule has 0 saturated heterocycles. The molecule has 2 N–H and O–H groups in total. The van der Waals surface area contributed by atoms with Crippen molar-refractivity contribution in [3.63, 3.8) is 0 Å². The number of ketones is 1. The van der Waals surface area contributed by atoms with Gasteiger partial charge in [0.05, 0.1) is 7.11 Å². The third-order valence-corrected chi connectivity index (χ3v) is 4.48. The number of carbonyl (C=O) groups is 3. The molecule has 2 atom stereocenters. The fraction of sp³-hybridized carbons (Fsp3) is 0.421. The molecule has 0 aromatic heterocycles. The van der Waals surface area contributed by atoms with Crippen molar-refractivity contribution in [3.05, 3.63) is 36.9 Å². The van der Waals surface area contributed by atoms with Crippen molar-refractivity contribution >= 4 is 17.7 Å². The van der Waals surface area contributed by atoms with E-state index < -0.39 is 29.2 Å². The first-order chi connectivity index (χ1) is 12.5. The lowest BCUT2D eigenvalue weighted by Crippen LogP contribution is -2.59. The Hall–Kier alpha value is -2.67. The highest BCUT2D eigenvalue weighted by Gasteiger charge is 2.55. The molecule has 1 aromatic carbocycles. The second kappa shape index (κ2) is 8.62. The van der Waals surface area contributed by atoms with Gasteiger partial charge < -0.3 is 19.9 Å². The van der Waals surface area contributed by atoms with E-state index in [0.717, 1.165) is 0 Å². The van der Waals surface area contributed by atoms with Gasteiger partial charge in [-0.3, -0.25) is 9.59 Å². The zero-order valence-electron chi connectivity index (χ0n) is 14.7. The number of hydrogen-bond acceptors (Lipinski definition) is 7. The van der Waals surface area contributed by atoms with E-state index in [1.54, 1.807) is 12.1 Å². The maximum atomic E-state index is 12.6. The summed E-state index contributed by atoms with van der Waals surface area (Å²) in [5, 5.41) is 0. The molecule has 0 radical (unpaired) electrons. The molecular weight excluding hydrogens is 338 g/mol. The Morgan fingerprint density at radius 2 is 1.92 bits per heavy atom. The van der Waals surface area contributed by atoms with Crippen molar-refractivity contribution in [2.24, 2.45) is 11.1 Å². The first kappa shape index (κ1) is 19.7. The Kier molecular flexibility index (Phi) is 6.52. The number of esters is 2. The van der Waals surface area contributed by atoms with Crippen LogP contribution >= 0.6 is 0 Å². The van der Waals surface area contributed by atoms with Crippen molar-refractivity contribution in [3.8, 4) is 11.5 Å². The summed E-state index contributed by atoms with van der Waals surface area (Å²) in [5.41, 5.74) is 4.33. The molecule has 140 valence electrons. The Labute approximate surface area is 152 Å². The van der Waals surface area contributed by atoms with Crippen molar-refractivity contribution in [2.45, 2.75) is 31.7 Å². The maximum absolute atomic E-state index is 12.6. The molecule has 0 bridgehead atoms. The number of nitrogens with two attached hydrogens (primary N) is 1. The van der Waals surface area contributed by atoms with Crippen molar-refractivity contribution in [2.75, 3.05) is 13.7 Å². The standard InChI is InChI=1S/C19H23NO6/c1-3-12-25-18(23)19(11-5-4-6-15(19)21)16(20)17(22)26-14-9-7-13(24-2)8-10-14/h3,7-10,16H,1,4-6,11-12,20H2,2H3. The summed E-state index contributed by atoms with van der Waals surface area (Å²) in [6.45, 7) is 3.41. The minimum atomic E-state index is -1.72. The molecule has 0 amide bonds. The number of Topliss-reactive ketones (excluding diaryl/α,β-unsaturated/α-hetero) is 1. The van der Waals surface area contributed by atoms with Gasteiger partial charge in [-0.2, -0.15) is 0 Å². The minimum Gasteiger partial charge on any atom is -0.497 e. The summed E-state index contributed by atoms with van der Waals surface area (Å²) in [4.78, 5) is 37.7. The number of benzene rings is 1. The van der Waals surface area contributed by atoms with E-state index >= 15 is 0 Å². The van der Waals surface area contributed by atoms with Crippen molar-refractivity contribution < 1.29 is 28.6 Å². The van der Waals surface area contributed by atoms with Gasteiger partial charge in [0, 0.05) is 6.42 Å². The van der Waals surface area contributed by atoms with Crippen LogP contribution in [0.5, 0.6) is 11.5 Å². The van der Waals surface area contributed by atoms with Gasteiger partial charge >= 0.3 is 11.9 Å². The number of carbonyl (C=O) groups excluding carboxylic acids is 3. The Balaban J connectivity index is 2.22. The van der Waals surface area contributed by atoms with Crippen LogP contribution < -0.4 is 15.2 Å². The van der Waals surface area contributed by atoms with E-state index in [2.05, 4.69) is 6.58 Å². The monoisotopic (exact) mass is 361 g/mol. The predicted molar refractivity (Wildman–Crippen MR) is 93.7 cm³/mol. The average molecular weight is 361 g/mol. The molecule has 0 spiro atoms. The summed E-state index contributed by atoms with van der Waals surface area (Å²) < 4.78 is 15.4. The minimum absolute atomic E-state index is 0.0614. The lowest BCUT2D eigenvalue weighted by Gasteiger charge is -2.36. The van der Waals surface area contributed by atoms with E-state index in [1.165, 1.54) is 25.3 Å². The summed E-state index contributed by atoms with van der Waals surface area (Å²) >= 11 is 0. The molecule has 26 heavy (non-hydrogen) atoms. The Bertz CT molecular complexity index is 684. The molecule has 2 unspecified atom stereocenters. The predicted octanol–water partition coefficient (Wildman–Crippen LogP) is 1.79. The quantitative estimate of drug-likeness (QED) is 0.342. The van der Waals surface area contributed by atoms with E-state index in [0.29, 0.717) is 18.6 Å². The highest BCUT2D eigenvalue weighted by Crippen LogP contribution is 2.38. The van der Waals surface area contributed by atoms with Crippen LogP contribution in [0.4, 0.5) is 0 Å². The second-order valence-electron chi connectivity index (χ2n) is 6.06. The summed E-state index contributed by atoms with van der Waals surface area (Å²) in [6.07, 6.45) is 2.96. The number of methoxy groups -OCH3 is 1. The van der Waals surface area contributed by atoms with Gasteiger partial charge in [-0.15, -0.1) is 0 Å². The van der Waals surface area contributed by atoms with Crippen LogP contribution in [-0.2, 0) is 19.1 Å². The van der Waals surface area contributed by atoms with Gasteiger partial charge in [0.1, 0.15) is 24.1 Å². The molecule has 7 heteroatoms. The number of rotatable bonds is 7. The van der Waals surface area contributed by atoms with Crippen LogP contribution in [0.15, 0.2) is 36.9 Å². The van der Waals surface area contributed by atoms with Gasteiger partial charge in [-0.05, 0) is 37.1 Å². The van der Waals surface area contributed by atoms with Crippen LogP contribution in [-0.4, -0.2) is 37.5 Å². The number of hydrogen-bond donors (Lipinski definition) is 1. The largest absolute Gasteiger partial charge is 0.497 e. The van der Waals surface area contributed by atoms with Crippen LogP contribution in [0.3, 0.4) is 0 Å². The maximum Gasteiger partial charge on any atom is 0.329 e. The molecule has 0 aliphatic heterocycles. The molecule has 7 nitrogen and oxygen atoms in total. The smallest absolute Gasteiger partial charge is 0.329 e. The summed E-state index contributed by atoms with van der Waals surface area (Å²) in [6, 6.07) is 4.86. The van der Waals surface area contributed by atoms with Gasteiger partial charge in [0.25, 0.3) is 0 Å². The molecule has 0 heterocycles. The van der Waals surface area contributed by atoms with E-state index in [9.17, 15) is 14.4 Å². The fourth-order valence-electron chi connectivity index (χ4n) is 3.01. The van der Waals surface area contributed by atoms with Gasteiger partial charge in [-0.25, -0.2) is 4.79 Å². The molecule has 2 rings (SSSR count).